The largest absolute Gasteiger partial charge is 0.463 e. The van der Waals surface area contributed by atoms with Gasteiger partial charge in [-0.3, -0.25) is 0 Å². The molecule has 4 rings (SSSR count). The Hall–Kier alpha value is -2.86. The van der Waals surface area contributed by atoms with Crippen molar-refractivity contribution in [1.82, 2.24) is 5.32 Å². The van der Waals surface area contributed by atoms with Crippen molar-refractivity contribution in [2.45, 2.75) is 19.8 Å². The first-order valence-electron chi connectivity index (χ1n) is 8.79. The average molecular weight is 381 g/mol. The molecule has 0 amide bonds. The number of ether oxygens (including phenoxy) is 2. The molecular formula is C21H19NO4S. The molecule has 0 fully saturated rings. The van der Waals surface area contributed by atoms with Gasteiger partial charge in [0.15, 0.2) is 0 Å². The summed E-state index contributed by atoms with van der Waals surface area (Å²) in [6.45, 7) is 4.07. The van der Waals surface area contributed by atoms with Crippen LogP contribution in [0.5, 0.6) is 0 Å². The number of cyclic esters (lactones) is 1. The smallest absolute Gasteiger partial charge is 0.337 e. The minimum Gasteiger partial charge on any atom is -0.463 e. The number of carbonyl (C=O) groups excluding carboxylic acids is 2. The summed E-state index contributed by atoms with van der Waals surface area (Å²) in [7, 11) is 0. The molecule has 138 valence electrons. The Balaban J connectivity index is 1.89. The highest BCUT2D eigenvalue weighted by Crippen LogP contribution is 2.46. The second kappa shape index (κ2) is 7.04. The minimum absolute atomic E-state index is 0.197. The molecule has 2 aliphatic rings. The van der Waals surface area contributed by atoms with Crippen molar-refractivity contribution in [3.63, 3.8) is 0 Å². The van der Waals surface area contributed by atoms with Crippen LogP contribution in [0.4, 0.5) is 0 Å². The second-order valence-electron chi connectivity index (χ2n) is 6.36. The molecule has 6 heteroatoms. The molecule has 0 spiro atoms. The Kier molecular flexibility index (Phi) is 4.58. The zero-order chi connectivity index (χ0) is 19.0. The van der Waals surface area contributed by atoms with Gasteiger partial charge in [0.2, 0.25) is 0 Å². The van der Waals surface area contributed by atoms with Crippen LogP contribution in [0.2, 0.25) is 0 Å². The summed E-state index contributed by atoms with van der Waals surface area (Å²) in [5.74, 6) is -1.30. The van der Waals surface area contributed by atoms with Gasteiger partial charge in [0.1, 0.15) is 6.61 Å². The maximum Gasteiger partial charge on any atom is 0.337 e. The van der Waals surface area contributed by atoms with Crippen LogP contribution in [-0.2, 0) is 19.1 Å². The molecule has 1 unspecified atom stereocenters. The van der Waals surface area contributed by atoms with Crippen LogP contribution < -0.4 is 5.32 Å². The van der Waals surface area contributed by atoms with Gasteiger partial charge in [0.25, 0.3) is 0 Å². The highest BCUT2D eigenvalue weighted by atomic mass is 32.1. The maximum absolute atomic E-state index is 12.8. The van der Waals surface area contributed by atoms with Crippen LogP contribution in [0.1, 0.15) is 25.3 Å². The van der Waals surface area contributed by atoms with Gasteiger partial charge in [0.05, 0.1) is 29.4 Å². The molecule has 5 nitrogen and oxygen atoms in total. The number of allylic oxidation sites excluding steroid dienone is 1. The maximum atomic E-state index is 12.8. The van der Waals surface area contributed by atoms with Crippen molar-refractivity contribution in [3.8, 4) is 10.4 Å². The molecule has 1 aromatic carbocycles. The Morgan fingerprint density at radius 2 is 2.07 bits per heavy atom. The van der Waals surface area contributed by atoms with Crippen molar-refractivity contribution < 1.29 is 19.1 Å². The Morgan fingerprint density at radius 1 is 1.30 bits per heavy atom. The molecule has 1 aromatic heterocycles. The van der Waals surface area contributed by atoms with Crippen LogP contribution in [-0.4, -0.2) is 25.2 Å². The van der Waals surface area contributed by atoms with E-state index < -0.39 is 11.9 Å². The summed E-state index contributed by atoms with van der Waals surface area (Å²) in [6.07, 6.45) is 0. The summed E-state index contributed by atoms with van der Waals surface area (Å²) < 4.78 is 10.6. The number of rotatable bonds is 4. The van der Waals surface area contributed by atoms with E-state index in [0.29, 0.717) is 16.8 Å². The van der Waals surface area contributed by atoms with E-state index in [1.807, 2.05) is 48.7 Å². The standard InChI is InChI=1S/C21H19NO4S/c1-3-25-20(23)16-12(2)22-15-11-26-21(24)18(15)17(16)14-9-10-27-19(14)13-7-5-4-6-8-13/h4-10,17,22H,3,11H2,1-2H3. The van der Waals surface area contributed by atoms with Gasteiger partial charge in [-0.25, -0.2) is 9.59 Å². The lowest BCUT2D eigenvalue weighted by Gasteiger charge is -2.27. The normalized spacial score (nSPS) is 18.9. The molecule has 3 heterocycles. The molecule has 0 saturated carbocycles. The fraction of sp³-hybridized carbons (Fsp3) is 0.238. The monoisotopic (exact) mass is 381 g/mol. The number of carbonyl (C=O) groups is 2. The van der Waals surface area contributed by atoms with E-state index in [0.717, 1.165) is 21.7 Å². The number of nitrogens with one attached hydrogen (secondary N) is 1. The van der Waals surface area contributed by atoms with Crippen molar-refractivity contribution in [1.29, 1.82) is 0 Å². The van der Waals surface area contributed by atoms with Gasteiger partial charge < -0.3 is 14.8 Å². The van der Waals surface area contributed by atoms with Gasteiger partial charge in [-0.2, -0.15) is 0 Å². The average Bonchev–Trinajstić information content (AvgIpc) is 3.29. The van der Waals surface area contributed by atoms with Crippen molar-refractivity contribution >= 4 is 23.3 Å². The van der Waals surface area contributed by atoms with E-state index >= 15 is 0 Å². The number of benzene rings is 1. The van der Waals surface area contributed by atoms with E-state index in [4.69, 9.17) is 9.47 Å². The molecule has 2 aliphatic heterocycles. The number of hydrogen-bond donors (Lipinski definition) is 1. The first-order chi connectivity index (χ1) is 13.1. The number of thiophene rings is 1. The topological polar surface area (TPSA) is 64.6 Å². The summed E-state index contributed by atoms with van der Waals surface area (Å²) in [5.41, 5.74) is 4.35. The molecule has 0 aliphatic carbocycles. The third-order valence-electron chi connectivity index (χ3n) is 4.75. The fourth-order valence-electron chi connectivity index (χ4n) is 3.63. The zero-order valence-electron chi connectivity index (χ0n) is 15.1. The zero-order valence-corrected chi connectivity index (χ0v) is 15.9. The summed E-state index contributed by atoms with van der Waals surface area (Å²) in [5, 5.41) is 5.15. The molecule has 27 heavy (non-hydrogen) atoms. The van der Waals surface area contributed by atoms with E-state index in [1.54, 1.807) is 18.3 Å². The SMILES string of the molecule is CCOC(=O)C1=C(C)NC2=C(C(=O)OC2)C1c1ccsc1-c1ccccc1. The molecule has 0 saturated heterocycles. The molecule has 2 aromatic rings. The third kappa shape index (κ3) is 2.96. The molecule has 0 radical (unpaired) electrons. The molecule has 0 bridgehead atoms. The number of esters is 2. The van der Waals surface area contributed by atoms with E-state index in [1.165, 1.54) is 0 Å². The predicted octanol–water partition coefficient (Wildman–Crippen LogP) is 3.75. The minimum atomic E-state index is -0.503. The first kappa shape index (κ1) is 17.5. The van der Waals surface area contributed by atoms with E-state index in [9.17, 15) is 9.59 Å². The fourth-order valence-corrected chi connectivity index (χ4v) is 4.57. The number of dihydropyridines is 1. The van der Waals surface area contributed by atoms with E-state index in [2.05, 4.69) is 5.32 Å². The van der Waals surface area contributed by atoms with Gasteiger partial charge in [-0.15, -0.1) is 11.3 Å². The van der Waals surface area contributed by atoms with Gasteiger partial charge in [0, 0.05) is 10.6 Å². The Bertz CT molecular complexity index is 971. The lowest BCUT2D eigenvalue weighted by atomic mass is 9.80. The van der Waals surface area contributed by atoms with Crippen LogP contribution in [0.3, 0.4) is 0 Å². The van der Waals surface area contributed by atoms with Crippen LogP contribution in [0.25, 0.3) is 10.4 Å². The number of hydrogen-bond acceptors (Lipinski definition) is 6. The van der Waals surface area contributed by atoms with Crippen molar-refractivity contribution in [2.24, 2.45) is 0 Å². The summed E-state index contributed by atoms with van der Waals surface area (Å²) in [6, 6.07) is 11.9. The van der Waals surface area contributed by atoms with Crippen LogP contribution >= 0.6 is 11.3 Å². The Labute approximate surface area is 161 Å². The van der Waals surface area contributed by atoms with Crippen molar-refractivity contribution in [3.05, 3.63) is 69.9 Å². The highest BCUT2D eigenvalue weighted by Gasteiger charge is 2.42. The summed E-state index contributed by atoms with van der Waals surface area (Å²) in [4.78, 5) is 26.3. The second-order valence-corrected chi connectivity index (χ2v) is 7.27. The van der Waals surface area contributed by atoms with Gasteiger partial charge >= 0.3 is 11.9 Å². The van der Waals surface area contributed by atoms with Crippen molar-refractivity contribution in [2.75, 3.05) is 13.2 Å². The molecule has 1 N–H and O–H groups in total. The summed E-state index contributed by atoms with van der Waals surface area (Å²) >= 11 is 1.59. The van der Waals surface area contributed by atoms with E-state index in [-0.39, 0.29) is 19.2 Å². The highest BCUT2D eigenvalue weighted by molar-refractivity contribution is 7.13. The lowest BCUT2D eigenvalue weighted by Crippen LogP contribution is -2.30. The molecule has 1 atom stereocenters. The molecular weight excluding hydrogens is 362 g/mol. The van der Waals surface area contributed by atoms with Gasteiger partial charge in [-0.1, -0.05) is 30.3 Å². The van der Waals surface area contributed by atoms with Crippen LogP contribution in [0, 0.1) is 0 Å². The first-order valence-corrected chi connectivity index (χ1v) is 9.67. The third-order valence-corrected chi connectivity index (χ3v) is 5.73. The Morgan fingerprint density at radius 3 is 2.81 bits per heavy atom. The quantitative estimate of drug-likeness (QED) is 0.817. The predicted molar refractivity (Wildman–Crippen MR) is 103 cm³/mol. The van der Waals surface area contributed by atoms with Gasteiger partial charge in [-0.05, 0) is 36.4 Å². The lowest BCUT2D eigenvalue weighted by molar-refractivity contribution is -0.138. The van der Waals surface area contributed by atoms with Crippen LogP contribution in [0.15, 0.2) is 64.3 Å².